The van der Waals surface area contributed by atoms with Crippen LogP contribution in [0, 0.1) is 28.7 Å². The van der Waals surface area contributed by atoms with Gasteiger partial charge in [0.15, 0.2) is 5.82 Å². The van der Waals surface area contributed by atoms with Crippen LogP contribution in [0.5, 0.6) is 5.88 Å². The molecule has 0 aliphatic carbocycles. The number of nitrogens with zero attached hydrogens (tertiary/aromatic N) is 3. The normalized spacial score (nSPS) is 11.2. The lowest BCUT2D eigenvalue weighted by atomic mass is 10.2. The predicted octanol–water partition coefficient (Wildman–Crippen LogP) is 3.55. The molecule has 0 radical (unpaired) electrons. The second-order valence-corrected chi connectivity index (χ2v) is 6.62. The largest absolute Gasteiger partial charge is 0.480 e. The van der Waals surface area contributed by atoms with Gasteiger partial charge in [-0.15, -0.1) is 0 Å². The molecule has 2 rings (SSSR count). The van der Waals surface area contributed by atoms with E-state index in [0.717, 1.165) is 12.1 Å². The van der Waals surface area contributed by atoms with Crippen LogP contribution in [0.15, 0.2) is 36.7 Å². The summed E-state index contributed by atoms with van der Waals surface area (Å²) in [5, 5.41) is 14.1. The zero-order valence-electron chi connectivity index (χ0n) is 15.6. The van der Waals surface area contributed by atoms with Crippen LogP contribution in [0.1, 0.15) is 5.69 Å². The third-order valence-electron chi connectivity index (χ3n) is 3.49. The molecule has 0 bridgehead atoms. The fourth-order valence-corrected chi connectivity index (χ4v) is 2.75. The molecule has 0 amide bonds. The first-order valence-electron chi connectivity index (χ1n) is 7.98. The number of methoxy groups -OCH3 is 1. The van der Waals surface area contributed by atoms with Crippen molar-refractivity contribution >= 4 is 33.7 Å². The molecule has 1 atom stereocenters. The topological polar surface area (TPSA) is 119 Å². The third kappa shape index (κ3) is 5.54. The molecule has 2 N–H and O–H groups in total. The molecular weight excluding hydrogens is 408 g/mol. The van der Waals surface area contributed by atoms with Crippen LogP contribution in [-0.2, 0) is 11.0 Å². The number of aromatic nitrogens is 2. The molecule has 0 fully saturated rings. The van der Waals surface area contributed by atoms with Gasteiger partial charge < -0.3 is 14.8 Å². The van der Waals surface area contributed by atoms with Gasteiger partial charge in [-0.1, -0.05) is 0 Å². The van der Waals surface area contributed by atoms with E-state index >= 15 is 0 Å². The number of aryl methyl sites for hydroxylation is 1. The standard InChI is InChI=1S/C17H17F2N5O4S/c1-10-17(24(25)26)13(5-4-8-20-9-14(21-10)28-2)22-16-11(18)6-7-12(15(16)19)23-29(3)27/h4-9,22-23H,1-3H3. The van der Waals surface area contributed by atoms with Crippen molar-refractivity contribution in [2.75, 3.05) is 23.4 Å². The molecule has 2 aromatic rings. The number of nitro groups is 1. The molecule has 12 heteroatoms. The fraction of sp³-hybridized carbons (Fsp3) is 0.176. The second-order valence-electron chi connectivity index (χ2n) is 5.51. The summed E-state index contributed by atoms with van der Waals surface area (Å²) in [6.07, 6.45) is 3.82. The average Bonchev–Trinajstić information content (AvgIpc) is 2.65. The lowest BCUT2D eigenvalue weighted by Crippen LogP contribution is -2.07. The summed E-state index contributed by atoms with van der Waals surface area (Å²) in [5.74, 6) is -2.10. The highest BCUT2D eigenvalue weighted by Crippen LogP contribution is 2.33. The summed E-state index contributed by atoms with van der Waals surface area (Å²) in [7, 11) is -0.299. The van der Waals surface area contributed by atoms with E-state index in [-0.39, 0.29) is 22.9 Å². The van der Waals surface area contributed by atoms with Gasteiger partial charge >= 0.3 is 5.69 Å². The molecule has 9 nitrogen and oxygen atoms in total. The number of nitrogens with one attached hydrogen (secondary N) is 2. The molecule has 154 valence electrons. The van der Waals surface area contributed by atoms with Gasteiger partial charge in [-0.25, -0.2) is 18.0 Å². The van der Waals surface area contributed by atoms with Crippen molar-refractivity contribution in [3.63, 3.8) is 0 Å². The smallest absolute Gasteiger partial charge is 0.313 e. The Hall–Kier alpha value is -3.41. The Balaban J connectivity index is 2.73. The molecule has 0 aliphatic heterocycles. The minimum Gasteiger partial charge on any atom is -0.480 e. The summed E-state index contributed by atoms with van der Waals surface area (Å²) in [6, 6.07) is 4.57. The fourth-order valence-electron chi connectivity index (χ4n) is 2.28. The zero-order chi connectivity index (χ0) is 21.6. The van der Waals surface area contributed by atoms with Crippen molar-refractivity contribution in [3.8, 4) is 5.88 Å². The van der Waals surface area contributed by atoms with E-state index in [2.05, 4.69) is 20.0 Å². The Kier molecular flexibility index (Phi) is 7.31. The van der Waals surface area contributed by atoms with E-state index in [4.69, 9.17) is 4.74 Å². The molecule has 0 spiro atoms. The maximum absolute atomic E-state index is 14.7. The van der Waals surface area contributed by atoms with Crippen molar-refractivity contribution in [2.45, 2.75) is 6.92 Å². The Morgan fingerprint density at radius 2 is 1.97 bits per heavy atom. The van der Waals surface area contributed by atoms with Crippen LogP contribution in [0.2, 0.25) is 0 Å². The third-order valence-corrected chi connectivity index (χ3v) is 4.00. The highest BCUT2D eigenvalue weighted by molar-refractivity contribution is 7.85. The van der Waals surface area contributed by atoms with Gasteiger partial charge in [-0.3, -0.25) is 15.1 Å². The molecule has 1 aromatic carbocycles. The lowest BCUT2D eigenvalue weighted by molar-refractivity contribution is -0.384. The Labute approximate surface area is 167 Å². The van der Waals surface area contributed by atoms with Crippen molar-refractivity contribution < 1.29 is 22.6 Å². The van der Waals surface area contributed by atoms with Crippen LogP contribution < -0.4 is 14.8 Å². The average molecular weight is 425 g/mol. The summed E-state index contributed by atoms with van der Waals surface area (Å²) in [5.41, 5.74) is -1.76. The minimum atomic E-state index is -1.61. The van der Waals surface area contributed by atoms with E-state index in [1.165, 1.54) is 44.8 Å². The van der Waals surface area contributed by atoms with E-state index < -0.39 is 38.9 Å². The van der Waals surface area contributed by atoms with Crippen molar-refractivity contribution in [1.82, 2.24) is 9.97 Å². The molecule has 1 unspecified atom stereocenters. The summed E-state index contributed by atoms with van der Waals surface area (Å²) in [6.45, 7) is 1.34. The number of ether oxygens (including phenoxy) is 1. The number of hydrogen-bond donors (Lipinski definition) is 2. The molecule has 0 saturated heterocycles. The number of hydrogen-bond acceptors (Lipinski definition) is 7. The van der Waals surface area contributed by atoms with Gasteiger partial charge in [0.25, 0.3) is 0 Å². The second kappa shape index (κ2) is 9.68. The predicted molar refractivity (Wildman–Crippen MR) is 105 cm³/mol. The summed E-state index contributed by atoms with van der Waals surface area (Å²) >= 11 is 0. The first-order valence-corrected chi connectivity index (χ1v) is 9.53. The Morgan fingerprint density at radius 1 is 1.24 bits per heavy atom. The van der Waals surface area contributed by atoms with Gasteiger partial charge in [0.05, 0.1) is 23.9 Å². The van der Waals surface area contributed by atoms with Gasteiger partial charge in [-0.2, -0.15) is 0 Å². The summed E-state index contributed by atoms with van der Waals surface area (Å²) < 4.78 is 47.6. The van der Waals surface area contributed by atoms with Crippen LogP contribution in [0.25, 0.3) is 0 Å². The first kappa shape index (κ1) is 21.9. The Bertz CT molecular complexity index is 1020. The highest BCUT2D eigenvalue weighted by Gasteiger charge is 2.21. The van der Waals surface area contributed by atoms with E-state index in [1.54, 1.807) is 0 Å². The zero-order valence-corrected chi connectivity index (χ0v) is 16.4. The van der Waals surface area contributed by atoms with Crippen LogP contribution in [0.4, 0.5) is 31.5 Å². The van der Waals surface area contributed by atoms with Gasteiger partial charge in [0.1, 0.15) is 33.9 Å². The maximum atomic E-state index is 14.7. The molecule has 1 heterocycles. The lowest BCUT2D eigenvalue weighted by Gasteiger charge is -2.12. The van der Waals surface area contributed by atoms with Gasteiger partial charge in [0, 0.05) is 12.5 Å². The Morgan fingerprint density at radius 3 is 2.59 bits per heavy atom. The van der Waals surface area contributed by atoms with E-state index in [9.17, 15) is 23.1 Å². The number of anilines is 3. The number of rotatable bonds is 6. The minimum absolute atomic E-state index is 0.00161. The van der Waals surface area contributed by atoms with E-state index in [0.29, 0.717) is 0 Å². The molecule has 1 aromatic heterocycles. The van der Waals surface area contributed by atoms with Gasteiger partial charge in [-0.05, 0) is 31.2 Å². The number of benzene rings is 1. The van der Waals surface area contributed by atoms with E-state index in [1.807, 2.05) is 0 Å². The van der Waals surface area contributed by atoms with Crippen molar-refractivity contribution in [1.29, 1.82) is 0 Å². The van der Waals surface area contributed by atoms with Gasteiger partial charge in [0.2, 0.25) is 5.88 Å². The molecular formula is C17H17F2N5O4S. The monoisotopic (exact) mass is 425 g/mol. The highest BCUT2D eigenvalue weighted by atomic mass is 32.2. The maximum Gasteiger partial charge on any atom is 0.313 e. The van der Waals surface area contributed by atoms with Crippen LogP contribution >= 0.6 is 0 Å². The molecule has 0 saturated carbocycles. The van der Waals surface area contributed by atoms with Crippen LogP contribution in [0.3, 0.4) is 0 Å². The summed E-state index contributed by atoms with van der Waals surface area (Å²) in [4.78, 5) is 18.8. The number of halogens is 2. The molecule has 29 heavy (non-hydrogen) atoms. The first-order chi connectivity index (χ1) is 13.7. The van der Waals surface area contributed by atoms with Crippen LogP contribution in [-0.4, -0.2) is 32.5 Å². The quantitative estimate of drug-likeness (QED) is 0.536. The van der Waals surface area contributed by atoms with Crippen molar-refractivity contribution in [3.05, 3.63) is 64.1 Å². The van der Waals surface area contributed by atoms with Crippen molar-refractivity contribution in [2.24, 2.45) is 0 Å². The SMILES string of the molecule is COc1cncccc(Nc2c(F)ccc(NS(C)=O)c2F)c([N+](=O)[O-])c(C)n1. The molecule has 0 aliphatic rings.